The van der Waals surface area contributed by atoms with E-state index in [0.29, 0.717) is 11.1 Å². The number of halogens is 1. The number of rotatable bonds is 6. The Bertz CT molecular complexity index is 1160. The summed E-state index contributed by atoms with van der Waals surface area (Å²) in [6.07, 6.45) is 0. The number of nitrogens with one attached hydrogen (secondary N) is 1. The number of amides is 1. The highest BCUT2D eigenvalue weighted by Gasteiger charge is 2.20. The molecule has 4 rings (SSSR count). The van der Waals surface area contributed by atoms with Crippen LogP contribution in [0, 0.1) is 0 Å². The van der Waals surface area contributed by atoms with E-state index in [1.165, 1.54) is 11.8 Å². The maximum Gasteiger partial charge on any atom is 0.277 e. The summed E-state index contributed by atoms with van der Waals surface area (Å²) in [7, 11) is 0. The Kier molecular flexibility index (Phi) is 6.30. The molecule has 150 valence electrons. The fourth-order valence-corrected chi connectivity index (χ4v) is 3.98. The smallest absolute Gasteiger partial charge is 0.277 e. The molecule has 4 aromatic rings. The summed E-state index contributed by atoms with van der Waals surface area (Å²) in [6.45, 7) is 1.81. The summed E-state index contributed by atoms with van der Waals surface area (Å²) in [5.41, 5.74) is 3.60. The topological polar surface area (TPSA) is 68.0 Å². The zero-order valence-electron chi connectivity index (χ0n) is 16.1. The summed E-state index contributed by atoms with van der Waals surface area (Å²) >= 11 is 4.66. The number of thioether (sulfide) groups is 1. The molecular weight excluding hydrogens is 462 g/mol. The predicted molar refractivity (Wildman–Crippen MR) is 123 cm³/mol. The summed E-state index contributed by atoms with van der Waals surface area (Å²) in [6, 6.07) is 25.3. The summed E-state index contributed by atoms with van der Waals surface area (Å²) in [5, 5.41) is 11.1. The minimum Gasteiger partial charge on any atom is -0.411 e. The molecule has 30 heavy (non-hydrogen) atoms. The van der Waals surface area contributed by atoms with Crippen LogP contribution in [0.2, 0.25) is 0 Å². The Labute approximate surface area is 187 Å². The molecule has 0 fully saturated rings. The molecule has 1 amide bonds. The molecule has 1 aromatic heterocycles. The lowest BCUT2D eigenvalue weighted by atomic mass is 10.0. The largest absolute Gasteiger partial charge is 0.411 e. The standard InChI is InChI=1S/C23H18BrN3O2S/c1-15(30-23-27-26-22(29-23)17-10-7-11-18(24)14-17)21(28)25-20-13-6-5-12-19(20)16-8-3-2-4-9-16/h2-15H,1H3,(H,25,28). The molecule has 1 unspecified atom stereocenters. The molecule has 0 spiro atoms. The molecule has 5 nitrogen and oxygen atoms in total. The van der Waals surface area contributed by atoms with E-state index in [0.717, 1.165) is 26.9 Å². The van der Waals surface area contributed by atoms with Crippen molar-refractivity contribution in [3.8, 4) is 22.6 Å². The van der Waals surface area contributed by atoms with Gasteiger partial charge in [-0.1, -0.05) is 82.3 Å². The van der Waals surface area contributed by atoms with Crippen molar-refractivity contribution < 1.29 is 9.21 Å². The number of hydrogen-bond donors (Lipinski definition) is 1. The zero-order chi connectivity index (χ0) is 20.9. The fourth-order valence-electron chi connectivity index (χ4n) is 2.90. The first kappa shape index (κ1) is 20.4. The lowest BCUT2D eigenvalue weighted by molar-refractivity contribution is -0.115. The quantitative estimate of drug-likeness (QED) is 0.329. The van der Waals surface area contributed by atoms with Crippen LogP contribution in [0.4, 0.5) is 5.69 Å². The maximum atomic E-state index is 12.8. The Morgan fingerprint density at radius 3 is 2.50 bits per heavy atom. The number of nitrogens with zero attached hydrogens (tertiary/aromatic N) is 2. The van der Waals surface area contributed by atoms with E-state index >= 15 is 0 Å². The van der Waals surface area contributed by atoms with Crippen molar-refractivity contribution in [1.29, 1.82) is 0 Å². The van der Waals surface area contributed by atoms with Gasteiger partial charge in [-0.3, -0.25) is 4.79 Å². The van der Waals surface area contributed by atoms with Gasteiger partial charge in [0.25, 0.3) is 5.22 Å². The third-order valence-corrected chi connectivity index (χ3v) is 5.82. The minimum atomic E-state index is -0.412. The Morgan fingerprint density at radius 2 is 1.70 bits per heavy atom. The average molecular weight is 480 g/mol. The van der Waals surface area contributed by atoms with Crippen LogP contribution < -0.4 is 5.32 Å². The molecule has 0 radical (unpaired) electrons. The van der Waals surface area contributed by atoms with Crippen molar-refractivity contribution >= 4 is 39.3 Å². The number of carbonyl (C=O) groups excluding carboxylic acids is 1. The van der Waals surface area contributed by atoms with Crippen LogP contribution in [0.3, 0.4) is 0 Å². The van der Waals surface area contributed by atoms with Gasteiger partial charge in [0.15, 0.2) is 0 Å². The highest BCUT2D eigenvalue weighted by molar-refractivity contribution is 9.10. The van der Waals surface area contributed by atoms with E-state index in [-0.39, 0.29) is 5.91 Å². The normalized spacial score (nSPS) is 11.8. The van der Waals surface area contributed by atoms with Crippen molar-refractivity contribution in [2.75, 3.05) is 5.32 Å². The molecule has 0 aliphatic heterocycles. The van der Waals surface area contributed by atoms with Gasteiger partial charge in [-0.2, -0.15) is 0 Å². The molecular formula is C23H18BrN3O2S. The van der Waals surface area contributed by atoms with Gasteiger partial charge in [0, 0.05) is 21.3 Å². The Balaban J connectivity index is 1.46. The van der Waals surface area contributed by atoms with Gasteiger partial charge in [-0.15, -0.1) is 10.2 Å². The molecule has 1 heterocycles. The summed E-state index contributed by atoms with van der Waals surface area (Å²) in [4.78, 5) is 12.8. The Morgan fingerprint density at radius 1 is 0.967 bits per heavy atom. The van der Waals surface area contributed by atoms with E-state index in [2.05, 4.69) is 31.4 Å². The first-order chi connectivity index (χ1) is 14.6. The van der Waals surface area contributed by atoms with Crippen LogP contribution in [0.1, 0.15) is 6.92 Å². The number of para-hydroxylation sites is 1. The monoisotopic (exact) mass is 479 g/mol. The number of benzene rings is 3. The van der Waals surface area contributed by atoms with Gasteiger partial charge >= 0.3 is 0 Å². The average Bonchev–Trinajstić information content (AvgIpc) is 3.23. The van der Waals surface area contributed by atoms with Crippen molar-refractivity contribution in [3.63, 3.8) is 0 Å². The van der Waals surface area contributed by atoms with Gasteiger partial charge < -0.3 is 9.73 Å². The molecule has 0 saturated carbocycles. The molecule has 0 aliphatic rings. The molecule has 1 atom stereocenters. The lowest BCUT2D eigenvalue weighted by Crippen LogP contribution is -2.22. The summed E-state index contributed by atoms with van der Waals surface area (Å²) < 4.78 is 6.66. The van der Waals surface area contributed by atoms with Crippen LogP contribution in [0.15, 0.2) is 93.0 Å². The number of aromatic nitrogens is 2. The second-order valence-electron chi connectivity index (χ2n) is 6.54. The van der Waals surface area contributed by atoms with Gasteiger partial charge in [0.1, 0.15) is 0 Å². The molecule has 0 aliphatic carbocycles. The molecule has 3 aromatic carbocycles. The van der Waals surface area contributed by atoms with Crippen LogP contribution in [-0.2, 0) is 4.79 Å². The number of anilines is 1. The van der Waals surface area contributed by atoms with Crippen LogP contribution in [0.25, 0.3) is 22.6 Å². The van der Waals surface area contributed by atoms with Crippen LogP contribution in [-0.4, -0.2) is 21.4 Å². The van der Waals surface area contributed by atoms with E-state index in [1.807, 2.05) is 85.8 Å². The molecule has 7 heteroatoms. The summed E-state index contributed by atoms with van der Waals surface area (Å²) in [5.74, 6) is 0.284. The van der Waals surface area contributed by atoms with E-state index < -0.39 is 5.25 Å². The first-order valence-electron chi connectivity index (χ1n) is 9.31. The second-order valence-corrected chi connectivity index (χ2v) is 8.75. The van der Waals surface area contributed by atoms with Gasteiger partial charge in [0.2, 0.25) is 11.8 Å². The fraction of sp³-hybridized carbons (Fsp3) is 0.0870. The van der Waals surface area contributed by atoms with E-state index in [9.17, 15) is 4.79 Å². The third kappa shape index (κ3) is 4.80. The van der Waals surface area contributed by atoms with Gasteiger partial charge in [-0.25, -0.2) is 0 Å². The number of hydrogen-bond acceptors (Lipinski definition) is 5. The van der Waals surface area contributed by atoms with Crippen LogP contribution >= 0.6 is 27.7 Å². The molecule has 0 saturated heterocycles. The van der Waals surface area contributed by atoms with Crippen LogP contribution in [0.5, 0.6) is 0 Å². The highest BCUT2D eigenvalue weighted by Crippen LogP contribution is 2.30. The van der Waals surface area contributed by atoms with E-state index in [4.69, 9.17) is 4.42 Å². The van der Waals surface area contributed by atoms with Gasteiger partial charge in [-0.05, 0) is 36.8 Å². The Hall–Kier alpha value is -2.90. The van der Waals surface area contributed by atoms with Crippen molar-refractivity contribution in [2.24, 2.45) is 0 Å². The second kappa shape index (κ2) is 9.28. The molecule has 1 N–H and O–H groups in total. The maximum absolute atomic E-state index is 12.8. The van der Waals surface area contributed by atoms with Gasteiger partial charge in [0.05, 0.1) is 5.25 Å². The van der Waals surface area contributed by atoms with E-state index in [1.54, 1.807) is 0 Å². The molecule has 0 bridgehead atoms. The number of carbonyl (C=O) groups is 1. The highest BCUT2D eigenvalue weighted by atomic mass is 79.9. The minimum absolute atomic E-state index is 0.134. The SMILES string of the molecule is CC(Sc1nnc(-c2cccc(Br)c2)o1)C(=O)Nc1ccccc1-c1ccccc1. The van der Waals surface area contributed by atoms with Crippen molar-refractivity contribution in [3.05, 3.63) is 83.3 Å². The first-order valence-corrected chi connectivity index (χ1v) is 11.0. The predicted octanol–water partition coefficient (Wildman–Crippen LogP) is 6.29. The zero-order valence-corrected chi connectivity index (χ0v) is 18.5. The lowest BCUT2D eigenvalue weighted by Gasteiger charge is -2.14. The van der Waals surface area contributed by atoms with Crippen molar-refractivity contribution in [2.45, 2.75) is 17.4 Å². The van der Waals surface area contributed by atoms with Crippen molar-refractivity contribution in [1.82, 2.24) is 10.2 Å². The third-order valence-electron chi connectivity index (χ3n) is 4.39.